The Labute approximate surface area is 138 Å². The summed E-state index contributed by atoms with van der Waals surface area (Å²) in [6, 6.07) is 14.2. The quantitative estimate of drug-likeness (QED) is 0.516. The Bertz CT molecular complexity index is 940. The van der Waals surface area contributed by atoms with Gasteiger partial charge < -0.3 is 4.42 Å². The fourth-order valence-electron chi connectivity index (χ4n) is 2.37. The van der Waals surface area contributed by atoms with Crippen LogP contribution in [0.15, 0.2) is 70.7 Å². The lowest BCUT2D eigenvalue weighted by Gasteiger charge is -1.98. The van der Waals surface area contributed by atoms with Crippen molar-refractivity contribution in [3.8, 4) is 11.5 Å². The molecule has 4 nitrogen and oxygen atoms in total. The normalized spacial score (nSPS) is 11.2. The Morgan fingerprint density at radius 3 is 2.87 bits per heavy atom. The molecule has 3 heterocycles. The number of aromatic nitrogens is 3. The first-order chi connectivity index (χ1) is 11.3. The zero-order chi connectivity index (χ0) is 15.6. The van der Waals surface area contributed by atoms with Crippen LogP contribution in [0.25, 0.3) is 17.0 Å². The first-order valence-electron chi connectivity index (χ1n) is 7.36. The zero-order valence-electron chi connectivity index (χ0n) is 12.6. The number of pyridine rings is 1. The van der Waals surface area contributed by atoms with E-state index < -0.39 is 0 Å². The molecule has 0 aliphatic carbocycles. The van der Waals surface area contributed by atoms with E-state index in [9.17, 15) is 0 Å². The number of hydrogen-bond donors (Lipinski definition) is 0. The molecular weight excluding hydrogens is 306 g/mol. The number of oxazole rings is 1. The largest absolute Gasteiger partial charge is 0.444 e. The van der Waals surface area contributed by atoms with Crippen molar-refractivity contribution in [2.45, 2.75) is 17.8 Å². The summed E-state index contributed by atoms with van der Waals surface area (Å²) in [7, 11) is 0. The summed E-state index contributed by atoms with van der Waals surface area (Å²) in [6.45, 7) is 2.07. The lowest BCUT2D eigenvalue weighted by atomic mass is 10.1. The second-order valence-corrected chi connectivity index (χ2v) is 6.28. The van der Waals surface area contributed by atoms with Gasteiger partial charge in [0.2, 0.25) is 5.89 Å². The van der Waals surface area contributed by atoms with Crippen molar-refractivity contribution >= 4 is 17.3 Å². The van der Waals surface area contributed by atoms with E-state index in [4.69, 9.17) is 4.42 Å². The van der Waals surface area contributed by atoms with Gasteiger partial charge in [-0.25, -0.2) is 9.97 Å². The number of rotatable bonds is 4. The summed E-state index contributed by atoms with van der Waals surface area (Å²) < 4.78 is 7.67. The molecule has 0 radical (unpaired) electrons. The third-order valence-electron chi connectivity index (χ3n) is 3.60. The molecule has 0 aliphatic rings. The number of thioether (sulfide) groups is 1. The molecule has 0 N–H and O–H groups in total. The van der Waals surface area contributed by atoms with Crippen molar-refractivity contribution in [2.75, 3.05) is 0 Å². The van der Waals surface area contributed by atoms with Crippen LogP contribution in [0.5, 0.6) is 0 Å². The molecule has 0 saturated carbocycles. The summed E-state index contributed by atoms with van der Waals surface area (Å²) in [4.78, 5) is 9.02. The van der Waals surface area contributed by atoms with Crippen LogP contribution < -0.4 is 0 Å². The van der Waals surface area contributed by atoms with E-state index in [1.54, 1.807) is 18.0 Å². The fraction of sp³-hybridized carbons (Fsp3) is 0.111. The summed E-state index contributed by atoms with van der Waals surface area (Å²) in [5.41, 5.74) is 4.23. The first kappa shape index (κ1) is 14.1. The fourth-order valence-corrected chi connectivity index (χ4v) is 3.21. The highest BCUT2D eigenvalue weighted by molar-refractivity contribution is 7.98. The monoisotopic (exact) mass is 321 g/mol. The lowest BCUT2D eigenvalue weighted by Crippen LogP contribution is -1.88. The Balaban J connectivity index is 1.51. The summed E-state index contributed by atoms with van der Waals surface area (Å²) in [5, 5.41) is 0.959. The first-order valence-corrected chi connectivity index (χ1v) is 8.34. The standard InChI is InChI=1S/C18H15N3OS/c1-13-5-7-14(8-6-13)17-20-15(11-22-17)12-23-18-19-10-16-4-2-3-9-21(16)18/h2-11H,12H2,1H3. The molecule has 1 aromatic carbocycles. The minimum Gasteiger partial charge on any atom is -0.444 e. The van der Waals surface area contributed by atoms with Crippen LogP contribution in [0.3, 0.4) is 0 Å². The van der Waals surface area contributed by atoms with Gasteiger partial charge in [0, 0.05) is 17.5 Å². The van der Waals surface area contributed by atoms with Gasteiger partial charge in [-0.05, 0) is 31.2 Å². The molecule has 0 fully saturated rings. The topological polar surface area (TPSA) is 43.3 Å². The molecule has 0 atom stereocenters. The second-order valence-electron chi connectivity index (χ2n) is 5.33. The molecule has 5 heteroatoms. The van der Waals surface area contributed by atoms with Crippen LogP contribution in [0, 0.1) is 6.92 Å². The molecular formula is C18H15N3OS. The third kappa shape index (κ3) is 2.87. The van der Waals surface area contributed by atoms with Crippen molar-refractivity contribution in [1.82, 2.24) is 14.4 Å². The van der Waals surface area contributed by atoms with Crippen molar-refractivity contribution in [3.63, 3.8) is 0 Å². The molecule has 0 saturated heterocycles. The third-order valence-corrected chi connectivity index (χ3v) is 4.60. The van der Waals surface area contributed by atoms with Gasteiger partial charge in [0.15, 0.2) is 5.16 Å². The predicted molar refractivity (Wildman–Crippen MR) is 91.4 cm³/mol. The number of fused-ring (bicyclic) bond motifs is 1. The highest BCUT2D eigenvalue weighted by Gasteiger charge is 2.09. The molecule has 3 aromatic heterocycles. The van der Waals surface area contributed by atoms with Gasteiger partial charge in [0.05, 0.1) is 17.4 Å². The van der Waals surface area contributed by atoms with E-state index >= 15 is 0 Å². The predicted octanol–water partition coefficient (Wildman–Crippen LogP) is 4.59. The molecule has 0 spiro atoms. The highest BCUT2D eigenvalue weighted by atomic mass is 32.2. The van der Waals surface area contributed by atoms with E-state index in [0.29, 0.717) is 5.89 Å². The molecule has 4 rings (SSSR count). The maximum Gasteiger partial charge on any atom is 0.226 e. The molecule has 23 heavy (non-hydrogen) atoms. The molecule has 0 unspecified atom stereocenters. The van der Waals surface area contributed by atoms with E-state index in [0.717, 1.165) is 27.7 Å². The average molecular weight is 321 g/mol. The van der Waals surface area contributed by atoms with E-state index in [2.05, 4.69) is 33.4 Å². The minimum absolute atomic E-state index is 0.661. The molecule has 0 bridgehead atoms. The summed E-state index contributed by atoms with van der Waals surface area (Å²) in [5.74, 6) is 1.39. The lowest BCUT2D eigenvalue weighted by molar-refractivity contribution is 0.573. The Morgan fingerprint density at radius 1 is 1.13 bits per heavy atom. The van der Waals surface area contributed by atoms with Crippen molar-refractivity contribution in [1.29, 1.82) is 0 Å². The van der Waals surface area contributed by atoms with E-state index in [-0.39, 0.29) is 0 Å². The van der Waals surface area contributed by atoms with Crippen LogP contribution >= 0.6 is 11.8 Å². The minimum atomic E-state index is 0.661. The van der Waals surface area contributed by atoms with Crippen LogP contribution in [0.1, 0.15) is 11.3 Å². The van der Waals surface area contributed by atoms with Crippen LogP contribution in [-0.2, 0) is 5.75 Å². The number of imidazole rings is 1. The van der Waals surface area contributed by atoms with Gasteiger partial charge in [0.25, 0.3) is 0 Å². The van der Waals surface area contributed by atoms with Gasteiger partial charge in [-0.15, -0.1) is 0 Å². The second kappa shape index (κ2) is 5.93. The van der Waals surface area contributed by atoms with Crippen LogP contribution in [-0.4, -0.2) is 14.4 Å². The van der Waals surface area contributed by atoms with Gasteiger partial charge >= 0.3 is 0 Å². The smallest absolute Gasteiger partial charge is 0.226 e. The SMILES string of the molecule is Cc1ccc(-c2nc(CSc3ncc4ccccn34)co2)cc1. The highest BCUT2D eigenvalue weighted by Crippen LogP contribution is 2.25. The van der Waals surface area contributed by atoms with Crippen LogP contribution in [0.2, 0.25) is 0 Å². The number of hydrogen-bond acceptors (Lipinski definition) is 4. The van der Waals surface area contributed by atoms with Crippen molar-refractivity contribution in [3.05, 3.63) is 72.4 Å². The number of aryl methyl sites for hydroxylation is 1. The molecule has 114 valence electrons. The molecule has 4 aromatic rings. The summed E-state index contributed by atoms with van der Waals surface area (Å²) >= 11 is 1.65. The van der Waals surface area contributed by atoms with Crippen LogP contribution in [0.4, 0.5) is 0 Å². The van der Waals surface area contributed by atoms with Gasteiger partial charge in [-0.1, -0.05) is 35.5 Å². The van der Waals surface area contributed by atoms with Crippen molar-refractivity contribution in [2.24, 2.45) is 0 Å². The van der Waals surface area contributed by atoms with Gasteiger partial charge in [-0.2, -0.15) is 0 Å². The summed E-state index contributed by atoms with van der Waals surface area (Å²) in [6.07, 6.45) is 5.62. The van der Waals surface area contributed by atoms with Gasteiger partial charge in [0.1, 0.15) is 6.26 Å². The number of benzene rings is 1. The van der Waals surface area contributed by atoms with E-state index in [1.165, 1.54) is 5.56 Å². The maximum absolute atomic E-state index is 5.60. The molecule has 0 aliphatic heterocycles. The molecule has 0 amide bonds. The Morgan fingerprint density at radius 2 is 2.00 bits per heavy atom. The Hall–Kier alpha value is -2.53. The van der Waals surface area contributed by atoms with E-state index in [1.807, 2.05) is 42.7 Å². The van der Waals surface area contributed by atoms with Gasteiger partial charge in [-0.3, -0.25) is 4.40 Å². The number of nitrogens with zero attached hydrogens (tertiary/aromatic N) is 3. The Kier molecular flexibility index (Phi) is 3.63. The average Bonchev–Trinajstić information content (AvgIpc) is 3.20. The van der Waals surface area contributed by atoms with Crippen molar-refractivity contribution < 1.29 is 4.42 Å². The maximum atomic E-state index is 5.60. The zero-order valence-corrected chi connectivity index (χ0v) is 13.5.